The topological polar surface area (TPSA) is 76.2 Å². The summed E-state index contributed by atoms with van der Waals surface area (Å²) in [5.41, 5.74) is 0.263. The summed E-state index contributed by atoms with van der Waals surface area (Å²) in [5.74, 6) is -0.0763. The second-order valence-corrected chi connectivity index (χ2v) is 9.51. The van der Waals surface area contributed by atoms with E-state index in [1.165, 1.54) is 6.42 Å². The van der Waals surface area contributed by atoms with Crippen LogP contribution in [0.1, 0.15) is 44.9 Å². The Hall–Kier alpha value is -2.77. The van der Waals surface area contributed by atoms with Gasteiger partial charge >= 0.3 is 6.03 Å². The molecule has 3 fully saturated rings. The van der Waals surface area contributed by atoms with E-state index >= 15 is 0 Å². The Bertz CT molecular complexity index is 829. The Kier molecular flexibility index (Phi) is 6.58. The Morgan fingerprint density at radius 2 is 1.72 bits per heavy atom. The first kappa shape index (κ1) is 22.4. The number of nitrogens with one attached hydrogen (secondary N) is 1. The number of nitrogens with zero attached hydrogens (tertiary/aromatic N) is 4. The van der Waals surface area contributed by atoms with Crippen LogP contribution < -0.4 is 10.2 Å². The molecule has 0 atom stereocenters. The van der Waals surface area contributed by atoms with Crippen LogP contribution >= 0.6 is 0 Å². The molecule has 8 nitrogen and oxygen atoms in total. The van der Waals surface area contributed by atoms with E-state index in [-0.39, 0.29) is 30.4 Å². The van der Waals surface area contributed by atoms with E-state index in [4.69, 9.17) is 0 Å². The molecule has 4 amide bonds. The Morgan fingerprint density at radius 3 is 2.34 bits per heavy atom. The van der Waals surface area contributed by atoms with Crippen LogP contribution in [0.4, 0.5) is 10.5 Å². The third-order valence-electron chi connectivity index (χ3n) is 7.13. The van der Waals surface area contributed by atoms with Crippen LogP contribution in [0.25, 0.3) is 0 Å². The van der Waals surface area contributed by atoms with Crippen LogP contribution in [0, 0.1) is 0 Å². The van der Waals surface area contributed by atoms with Crippen molar-refractivity contribution < 1.29 is 14.4 Å². The summed E-state index contributed by atoms with van der Waals surface area (Å²) < 4.78 is 0. The number of piperidine rings is 1. The Morgan fingerprint density at radius 1 is 1.06 bits per heavy atom. The van der Waals surface area contributed by atoms with Crippen molar-refractivity contribution in [1.82, 2.24) is 20.0 Å². The number of benzene rings is 1. The van der Waals surface area contributed by atoms with Crippen molar-refractivity contribution in [2.24, 2.45) is 0 Å². The van der Waals surface area contributed by atoms with Crippen molar-refractivity contribution in [2.45, 2.75) is 56.5 Å². The lowest BCUT2D eigenvalue weighted by Crippen LogP contribution is -2.58. The molecule has 1 saturated carbocycles. The zero-order valence-corrected chi connectivity index (χ0v) is 19.3. The average molecular weight is 442 g/mol. The van der Waals surface area contributed by atoms with E-state index in [2.05, 4.69) is 10.2 Å². The summed E-state index contributed by atoms with van der Waals surface area (Å²) in [6, 6.07) is 10.1. The molecule has 2 heterocycles. The molecule has 1 aliphatic carbocycles. The van der Waals surface area contributed by atoms with E-state index in [1.807, 2.05) is 30.3 Å². The zero-order valence-electron chi connectivity index (χ0n) is 19.3. The second kappa shape index (κ2) is 9.38. The highest BCUT2D eigenvalue weighted by molar-refractivity contribution is 5.96. The number of carbonyl (C=O) groups is 3. The maximum atomic E-state index is 13.7. The van der Waals surface area contributed by atoms with Crippen LogP contribution in [0.15, 0.2) is 30.3 Å². The number of carbonyl (C=O) groups excluding carboxylic acids is 3. The SMILES string of the molecule is CN(C)C(=O)N1CCC2(CC1)C(=O)N(CC(=O)NC1CCCCC1)CN2c1ccccc1. The van der Waals surface area contributed by atoms with E-state index in [9.17, 15) is 14.4 Å². The number of hydrogen-bond donors (Lipinski definition) is 1. The van der Waals surface area contributed by atoms with Crippen LogP contribution in [0.5, 0.6) is 0 Å². The van der Waals surface area contributed by atoms with Gasteiger partial charge < -0.3 is 24.9 Å². The van der Waals surface area contributed by atoms with Crippen LogP contribution in [-0.4, -0.2) is 84.5 Å². The fourth-order valence-corrected chi connectivity index (χ4v) is 5.37. The third kappa shape index (κ3) is 4.40. The normalized spacial score (nSPS) is 21.2. The summed E-state index contributed by atoms with van der Waals surface area (Å²) in [5, 5.41) is 3.14. The third-order valence-corrected chi connectivity index (χ3v) is 7.13. The van der Waals surface area contributed by atoms with Gasteiger partial charge in [-0.2, -0.15) is 0 Å². The molecule has 32 heavy (non-hydrogen) atoms. The van der Waals surface area contributed by atoms with Gasteiger partial charge in [0.2, 0.25) is 5.91 Å². The van der Waals surface area contributed by atoms with Gasteiger partial charge in [0.25, 0.3) is 5.91 Å². The molecule has 1 aromatic rings. The molecule has 2 saturated heterocycles. The molecule has 0 bridgehead atoms. The molecule has 8 heteroatoms. The number of anilines is 1. The van der Waals surface area contributed by atoms with Gasteiger partial charge in [-0.05, 0) is 37.8 Å². The lowest BCUT2D eigenvalue weighted by atomic mass is 9.85. The van der Waals surface area contributed by atoms with Crippen LogP contribution in [-0.2, 0) is 9.59 Å². The molecular formula is C24H35N5O3. The first-order valence-corrected chi connectivity index (χ1v) is 11.8. The lowest BCUT2D eigenvalue weighted by molar-refractivity contribution is -0.137. The predicted molar refractivity (Wildman–Crippen MR) is 123 cm³/mol. The van der Waals surface area contributed by atoms with Gasteiger partial charge in [-0.3, -0.25) is 9.59 Å². The highest BCUT2D eigenvalue weighted by Crippen LogP contribution is 2.39. The van der Waals surface area contributed by atoms with E-state index < -0.39 is 5.54 Å². The molecule has 2 aliphatic heterocycles. The standard InChI is InChI=1S/C24H35N5O3/c1-26(2)23(32)27-15-13-24(14-16-27)22(31)28(18-29(24)20-11-7-4-8-12-20)17-21(30)25-19-9-5-3-6-10-19/h4,7-8,11-12,19H,3,5-6,9-10,13-18H2,1-2H3,(H,25,30). The Balaban J connectivity index is 1.50. The van der Waals surface area contributed by atoms with Crippen molar-refractivity contribution in [3.63, 3.8) is 0 Å². The minimum Gasteiger partial charge on any atom is -0.352 e. The summed E-state index contributed by atoms with van der Waals surface area (Å²) in [4.78, 5) is 46.1. The molecule has 0 unspecified atom stereocenters. The highest BCUT2D eigenvalue weighted by atomic mass is 16.2. The van der Waals surface area contributed by atoms with Crippen LogP contribution in [0.3, 0.4) is 0 Å². The number of para-hydroxylation sites is 1. The van der Waals surface area contributed by atoms with Crippen LogP contribution in [0.2, 0.25) is 0 Å². The zero-order chi connectivity index (χ0) is 22.7. The quantitative estimate of drug-likeness (QED) is 0.778. The summed E-state index contributed by atoms with van der Waals surface area (Å²) in [6.07, 6.45) is 6.70. The molecule has 0 aromatic heterocycles. The number of amides is 4. The van der Waals surface area contributed by atoms with Gasteiger partial charge in [0, 0.05) is 38.9 Å². The lowest BCUT2D eigenvalue weighted by Gasteiger charge is -2.43. The monoisotopic (exact) mass is 441 g/mol. The minimum absolute atomic E-state index is 0.00269. The number of rotatable bonds is 4. The van der Waals surface area contributed by atoms with E-state index in [0.717, 1.165) is 31.4 Å². The van der Waals surface area contributed by atoms with Gasteiger partial charge in [-0.15, -0.1) is 0 Å². The number of likely N-dealkylation sites (tertiary alicyclic amines) is 1. The maximum Gasteiger partial charge on any atom is 0.319 e. The molecular weight excluding hydrogens is 406 g/mol. The molecule has 1 N–H and O–H groups in total. The second-order valence-electron chi connectivity index (χ2n) is 9.51. The highest BCUT2D eigenvalue weighted by Gasteiger charge is 2.54. The van der Waals surface area contributed by atoms with Crippen molar-refractivity contribution in [3.05, 3.63) is 30.3 Å². The summed E-state index contributed by atoms with van der Waals surface area (Å²) in [7, 11) is 3.49. The molecule has 3 aliphatic rings. The maximum absolute atomic E-state index is 13.7. The molecule has 174 valence electrons. The van der Waals surface area contributed by atoms with Crippen molar-refractivity contribution >= 4 is 23.5 Å². The van der Waals surface area contributed by atoms with Gasteiger partial charge in [0.15, 0.2) is 0 Å². The van der Waals surface area contributed by atoms with E-state index in [0.29, 0.717) is 32.6 Å². The summed E-state index contributed by atoms with van der Waals surface area (Å²) >= 11 is 0. The van der Waals surface area contributed by atoms with Gasteiger partial charge in [0.05, 0.1) is 6.67 Å². The fourth-order valence-electron chi connectivity index (χ4n) is 5.37. The van der Waals surface area contributed by atoms with Gasteiger partial charge in [-0.25, -0.2) is 4.79 Å². The minimum atomic E-state index is -0.713. The van der Waals surface area contributed by atoms with Crippen molar-refractivity contribution in [2.75, 3.05) is 45.3 Å². The largest absolute Gasteiger partial charge is 0.352 e. The molecule has 1 spiro atoms. The van der Waals surface area contributed by atoms with Crippen molar-refractivity contribution in [3.8, 4) is 0 Å². The Labute approximate surface area is 190 Å². The fraction of sp³-hybridized carbons (Fsp3) is 0.625. The number of hydrogen-bond acceptors (Lipinski definition) is 4. The first-order valence-electron chi connectivity index (χ1n) is 11.8. The van der Waals surface area contributed by atoms with Crippen molar-refractivity contribution in [1.29, 1.82) is 0 Å². The first-order chi connectivity index (χ1) is 15.4. The molecule has 1 aromatic carbocycles. The predicted octanol–water partition coefficient (Wildman–Crippen LogP) is 2.26. The molecule has 0 radical (unpaired) electrons. The molecule has 4 rings (SSSR count). The number of urea groups is 1. The van der Waals surface area contributed by atoms with Gasteiger partial charge in [-0.1, -0.05) is 37.5 Å². The average Bonchev–Trinajstić information content (AvgIpc) is 3.06. The van der Waals surface area contributed by atoms with E-state index in [1.54, 1.807) is 28.8 Å². The smallest absolute Gasteiger partial charge is 0.319 e. The van der Waals surface area contributed by atoms with Gasteiger partial charge in [0.1, 0.15) is 12.1 Å². The summed E-state index contributed by atoms with van der Waals surface area (Å²) in [6.45, 7) is 1.52.